The van der Waals surface area contributed by atoms with Crippen LogP contribution in [-0.4, -0.2) is 22.3 Å². The summed E-state index contributed by atoms with van der Waals surface area (Å²) >= 11 is 0. The first kappa shape index (κ1) is 16.9. The molecule has 2 fully saturated rings. The van der Waals surface area contributed by atoms with Crippen LogP contribution in [0, 0.1) is 21.4 Å². The summed E-state index contributed by atoms with van der Waals surface area (Å²) in [5, 5.41) is 10.9. The van der Waals surface area contributed by atoms with E-state index in [1.54, 1.807) is 12.1 Å². The number of non-ortho nitro benzene ring substituents is 1. The molecule has 1 aromatic rings. The van der Waals surface area contributed by atoms with Crippen molar-refractivity contribution in [2.24, 2.45) is 11.3 Å². The molecule has 5 heteroatoms. The van der Waals surface area contributed by atoms with Crippen LogP contribution in [0.5, 0.6) is 0 Å². The minimum absolute atomic E-state index is 0.104. The van der Waals surface area contributed by atoms with Crippen LogP contribution < -0.4 is 0 Å². The summed E-state index contributed by atoms with van der Waals surface area (Å²) in [6.45, 7) is 7.54. The van der Waals surface area contributed by atoms with Crippen molar-refractivity contribution in [3.8, 4) is 0 Å². The molecular weight excluding hydrogens is 304 g/mol. The lowest BCUT2D eigenvalue weighted by Crippen LogP contribution is -2.45. The Morgan fingerprint density at radius 3 is 2.50 bits per heavy atom. The van der Waals surface area contributed by atoms with Crippen molar-refractivity contribution in [2.75, 3.05) is 6.54 Å². The molecule has 2 heterocycles. The number of carbonyl (C=O) groups is 1. The third kappa shape index (κ3) is 2.80. The van der Waals surface area contributed by atoms with Gasteiger partial charge in [0.2, 0.25) is 5.91 Å². The molecule has 0 aromatic heterocycles. The number of nitrogens with zero attached hydrogens (tertiary/aromatic N) is 2. The van der Waals surface area contributed by atoms with E-state index in [0.717, 1.165) is 37.8 Å². The van der Waals surface area contributed by atoms with E-state index in [-0.39, 0.29) is 27.5 Å². The van der Waals surface area contributed by atoms with E-state index in [1.807, 2.05) is 12.1 Å². The molecule has 0 spiro atoms. The lowest BCUT2D eigenvalue weighted by molar-refractivity contribution is -0.384. The SMILES string of the molecule is CC(C)(C)[C@H]1CCC(=O)N2CCC[C@]2(c2ccc([N+](=O)[O-])cc2)C1. The molecule has 0 radical (unpaired) electrons. The second kappa shape index (κ2) is 5.87. The highest BCUT2D eigenvalue weighted by Crippen LogP contribution is 2.50. The molecule has 24 heavy (non-hydrogen) atoms. The molecule has 0 bridgehead atoms. The van der Waals surface area contributed by atoms with E-state index in [0.29, 0.717) is 12.3 Å². The maximum Gasteiger partial charge on any atom is 0.269 e. The molecule has 2 atom stereocenters. The molecule has 1 aromatic carbocycles. The standard InChI is InChI=1S/C19H26N2O3/c1-18(2,3)15-7-10-17(22)20-12-4-11-19(20,13-15)14-5-8-16(9-6-14)21(23)24/h5-6,8-9,15H,4,7,10-13H2,1-3H3/t15-,19+/m0/s1. The number of rotatable bonds is 2. The van der Waals surface area contributed by atoms with Crippen LogP contribution >= 0.6 is 0 Å². The predicted octanol–water partition coefficient (Wildman–Crippen LogP) is 4.26. The Balaban J connectivity index is 2.04. The van der Waals surface area contributed by atoms with Gasteiger partial charge < -0.3 is 4.90 Å². The van der Waals surface area contributed by atoms with E-state index >= 15 is 0 Å². The van der Waals surface area contributed by atoms with Gasteiger partial charge in [-0.25, -0.2) is 0 Å². The van der Waals surface area contributed by atoms with Gasteiger partial charge in [-0.1, -0.05) is 20.8 Å². The molecule has 1 amide bonds. The van der Waals surface area contributed by atoms with Crippen LogP contribution in [0.1, 0.15) is 58.4 Å². The van der Waals surface area contributed by atoms with Crippen molar-refractivity contribution in [1.82, 2.24) is 4.90 Å². The number of benzene rings is 1. The molecule has 2 saturated heterocycles. The summed E-state index contributed by atoms with van der Waals surface area (Å²) in [5.74, 6) is 0.692. The number of hydrogen-bond donors (Lipinski definition) is 0. The van der Waals surface area contributed by atoms with Gasteiger partial charge in [-0.05, 0) is 54.7 Å². The van der Waals surface area contributed by atoms with E-state index < -0.39 is 0 Å². The van der Waals surface area contributed by atoms with Crippen LogP contribution in [0.15, 0.2) is 24.3 Å². The summed E-state index contributed by atoms with van der Waals surface area (Å²) in [7, 11) is 0. The van der Waals surface area contributed by atoms with Crippen LogP contribution in [0.4, 0.5) is 5.69 Å². The van der Waals surface area contributed by atoms with E-state index in [1.165, 1.54) is 0 Å². The van der Waals surface area contributed by atoms with Gasteiger partial charge in [0.1, 0.15) is 0 Å². The third-order valence-electron chi connectivity index (χ3n) is 5.92. The monoisotopic (exact) mass is 330 g/mol. The van der Waals surface area contributed by atoms with Gasteiger partial charge in [-0.2, -0.15) is 0 Å². The Morgan fingerprint density at radius 2 is 1.92 bits per heavy atom. The van der Waals surface area contributed by atoms with Gasteiger partial charge >= 0.3 is 0 Å². The minimum Gasteiger partial charge on any atom is -0.333 e. The largest absolute Gasteiger partial charge is 0.333 e. The lowest BCUT2D eigenvalue weighted by Gasteiger charge is -2.42. The number of amides is 1. The fourth-order valence-corrected chi connectivity index (χ4v) is 4.45. The summed E-state index contributed by atoms with van der Waals surface area (Å²) in [4.78, 5) is 25.4. The van der Waals surface area contributed by atoms with Crippen LogP contribution in [0.2, 0.25) is 0 Å². The Labute approximate surface area is 143 Å². The van der Waals surface area contributed by atoms with E-state index in [9.17, 15) is 14.9 Å². The van der Waals surface area contributed by atoms with Crippen molar-refractivity contribution >= 4 is 11.6 Å². The Morgan fingerprint density at radius 1 is 1.25 bits per heavy atom. The molecule has 0 aliphatic carbocycles. The smallest absolute Gasteiger partial charge is 0.269 e. The Kier molecular flexibility index (Phi) is 4.14. The van der Waals surface area contributed by atoms with Gasteiger partial charge in [0.15, 0.2) is 0 Å². The van der Waals surface area contributed by atoms with E-state index in [4.69, 9.17) is 0 Å². The highest BCUT2D eigenvalue weighted by Gasteiger charge is 2.49. The number of nitro groups is 1. The molecule has 2 aliphatic heterocycles. The summed E-state index contributed by atoms with van der Waals surface area (Å²) in [5.41, 5.74) is 1.01. The Bertz CT molecular complexity index is 648. The first-order chi connectivity index (χ1) is 11.2. The molecule has 0 saturated carbocycles. The van der Waals surface area contributed by atoms with Gasteiger partial charge in [0, 0.05) is 25.1 Å². The van der Waals surface area contributed by atoms with Crippen LogP contribution in [0.25, 0.3) is 0 Å². The first-order valence-electron chi connectivity index (χ1n) is 8.79. The third-order valence-corrected chi connectivity index (χ3v) is 5.92. The van der Waals surface area contributed by atoms with Crippen molar-refractivity contribution < 1.29 is 9.72 Å². The van der Waals surface area contributed by atoms with Crippen molar-refractivity contribution in [2.45, 2.75) is 58.4 Å². The Hall–Kier alpha value is -1.91. The molecule has 0 N–H and O–H groups in total. The highest BCUT2D eigenvalue weighted by atomic mass is 16.6. The molecule has 3 rings (SSSR count). The van der Waals surface area contributed by atoms with Crippen molar-refractivity contribution in [1.29, 1.82) is 0 Å². The zero-order valence-electron chi connectivity index (χ0n) is 14.7. The van der Waals surface area contributed by atoms with Crippen molar-refractivity contribution in [3.05, 3.63) is 39.9 Å². The van der Waals surface area contributed by atoms with Gasteiger partial charge in [0.05, 0.1) is 10.5 Å². The quantitative estimate of drug-likeness (QED) is 0.601. The lowest BCUT2D eigenvalue weighted by atomic mass is 9.70. The maximum absolute atomic E-state index is 12.7. The van der Waals surface area contributed by atoms with Crippen LogP contribution in [-0.2, 0) is 10.3 Å². The number of hydrogen-bond acceptors (Lipinski definition) is 3. The normalized spacial score (nSPS) is 27.7. The average Bonchev–Trinajstić information content (AvgIpc) is 2.89. The zero-order valence-corrected chi connectivity index (χ0v) is 14.7. The fourth-order valence-electron chi connectivity index (χ4n) is 4.45. The molecule has 5 nitrogen and oxygen atoms in total. The zero-order chi connectivity index (χ0) is 17.5. The molecule has 130 valence electrons. The summed E-state index contributed by atoms with van der Waals surface area (Å²) in [6.07, 6.45) is 4.42. The predicted molar refractivity (Wildman–Crippen MR) is 92.5 cm³/mol. The fraction of sp³-hybridized carbons (Fsp3) is 0.632. The average molecular weight is 330 g/mol. The number of carbonyl (C=O) groups excluding carboxylic acids is 1. The van der Waals surface area contributed by atoms with Gasteiger partial charge in [-0.15, -0.1) is 0 Å². The topological polar surface area (TPSA) is 63.5 Å². The molecule has 2 aliphatic rings. The first-order valence-corrected chi connectivity index (χ1v) is 8.79. The van der Waals surface area contributed by atoms with Gasteiger partial charge in [0.25, 0.3) is 5.69 Å². The van der Waals surface area contributed by atoms with Crippen LogP contribution in [0.3, 0.4) is 0 Å². The van der Waals surface area contributed by atoms with Crippen molar-refractivity contribution in [3.63, 3.8) is 0 Å². The molecule has 0 unspecified atom stereocenters. The number of fused-ring (bicyclic) bond motifs is 1. The maximum atomic E-state index is 12.7. The van der Waals surface area contributed by atoms with E-state index in [2.05, 4.69) is 25.7 Å². The summed E-state index contributed by atoms with van der Waals surface area (Å²) < 4.78 is 0. The minimum atomic E-state index is -0.371. The molecular formula is C19H26N2O3. The number of nitro benzene ring substituents is 1. The van der Waals surface area contributed by atoms with Gasteiger partial charge in [-0.3, -0.25) is 14.9 Å². The highest BCUT2D eigenvalue weighted by molar-refractivity contribution is 5.78. The summed E-state index contributed by atoms with van der Waals surface area (Å²) in [6, 6.07) is 6.85. The second-order valence-corrected chi connectivity index (χ2v) is 8.29. The second-order valence-electron chi connectivity index (χ2n) is 8.29.